The molecule has 0 aliphatic carbocycles. The molecule has 24 heavy (non-hydrogen) atoms. The molecule has 0 aromatic carbocycles. The molecular weight excluding hydrogens is 376 g/mol. The van der Waals surface area contributed by atoms with Crippen LogP contribution in [0.25, 0.3) is 0 Å². The maximum Gasteiger partial charge on any atom is 0.331 e. The summed E-state index contributed by atoms with van der Waals surface area (Å²) in [5.74, 6) is -2.64. The molecule has 0 bridgehead atoms. The highest BCUT2D eigenvalue weighted by molar-refractivity contribution is 7.39. The van der Waals surface area contributed by atoms with Crippen molar-refractivity contribution in [2.75, 3.05) is 0 Å². The Kier molecular flexibility index (Phi) is 8.58. The molecule has 2 atom stereocenters. The monoisotopic (exact) mass is 399 g/mol. The third kappa shape index (κ3) is 9.29. The fourth-order valence-corrected chi connectivity index (χ4v) is 3.96. The summed E-state index contributed by atoms with van der Waals surface area (Å²) in [6.07, 6.45) is 4.07. The zero-order valence-corrected chi connectivity index (χ0v) is 16.3. The zero-order valence-electron chi connectivity index (χ0n) is 13.4. The van der Waals surface area contributed by atoms with Crippen LogP contribution in [0, 0.1) is 0 Å². The predicted octanol–water partition coefficient (Wildman–Crippen LogP) is 1.03. The van der Waals surface area contributed by atoms with Gasteiger partial charge in [0.2, 0.25) is 0 Å². The van der Waals surface area contributed by atoms with Gasteiger partial charge in [0.05, 0.1) is 6.42 Å². The number of rotatable bonds is 10. The van der Waals surface area contributed by atoms with Crippen molar-refractivity contribution < 1.29 is 38.2 Å². The van der Waals surface area contributed by atoms with Gasteiger partial charge < -0.3 is 24.6 Å². The average molecular weight is 399 g/mol. The van der Waals surface area contributed by atoms with Gasteiger partial charge in [0.15, 0.2) is 8.32 Å². The van der Waals surface area contributed by atoms with E-state index in [4.69, 9.17) is 14.7 Å². The van der Waals surface area contributed by atoms with Crippen molar-refractivity contribution in [3.05, 3.63) is 29.6 Å². The molecule has 12 heteroatoms. The molecule has 0 amide bonds. The van der Waals surface area contributed by atoms with Crippen molar-refractivity contribution in [2.24, 2.45) is 0 Å². The maximum atomic E-state index is 10.8. The maximum absolute atomic E-state index is 10.8. The summed E-state index contributed by atoms with van der Waals surface area (Å²) in [4.78, 5) is 40.4. The lowest BCUT2D eigenvalue weighted by atomic mass is 10.1. The highest BCUT2D eigenvalue weighted by Gasteiger charge is 2.35. The van der Waals surface area contributed by atoms with Crippen molar-refractivity contribution in [3.63, 3.8) is 0 Å². The summed E-state index contributed by atoms with van der Waals surface area (Å²) < 4.78 is 19.7. The Bertz CT molecular complexity index is 556. The molecule has 9 nitrogen and oxygen atoms in total. The summed E-state index contributed by atoms with van der Waals surface area (Å²) in [5.41, 5.74) is 1.27. The normalized spacial score (nSPS) is 16.2. The fourth-order valence-electron chi connectivity index (χ4n) is 2.11. The van der Waals surface area contributed by atoms with Crippen molar-refractivity contribution >= 4 is 25.2 Å². The Labute approximate surface area is 143 Å². The first-order chi connectivity index (χ1) is 11.0. The number of pyridine rings is 1. The minimum atomic E-state index is -3.58. The molecule has 1 aromatic rings. The first-order valence-electron chi connectivity index (χ1n) is 7.16. The van der Waals surface area contributed by atoms with Crippen LogP contribution in [0.3, 0.4) is 0 Å². The molecule has 0 fully saturated rings. The van der Waals surface area contributed by atoms with E-state index in [9.17, 15) is 14.5 Å². The fraction of sp³-hybridized carbons (Fsp3) is 0.583. The quantitative estimate of drug-likeness (QED) is 0.221. The second-order valence-corrected chi connectivity index (χ2v) is 11.5. The predicted molar refractivity (Wildman–Crippen MR) is 90.5 cm³/mol. The van der Waals surface area contributed by atoms with Crippen LogP contribution in [0.5, 0.6) is 0 Å². The Morgan fingerprint density at radius 3 is 2.50 bits per heavy atom. The van der Waals surface area contributed by atoms with Gasteiger partial charge in [-0.25, -0.2) is 0 Å². The molecule has 0 aliphatic heterocycles. The highest BCUT2D eigenvalue weighted by Crippen LogP contribution is 2.38. The lowest BCUT2D eigenvalue weighted by Gasteiger charge is -2.26. The van der Waals surface area contributed by atoms with E-state index in [1.165, 1.54) is 6.20 Å². The molecule has 0 saturated carbocycles. The smallest absolute Gasteiger partial charge is 0.331 e. The van der Waals surface area contributed by atoms with Crippen molar-refractivity contribution in [1.29, 1.82) is 0 Å². The summed E-state index contributed by atoms with van der Waals surface area (Å²) in [5, 5.41) is 10.0. The lowest BCUT2D eigenvalue weighted by Crippen LogP contribution is -2.34. The van der Waals surface area contributed by atoms with Crippen LogP contribution in [-0.4, -0.2) is 43.9 Å². The number of aryl methyl sites for hydroxylation is 1. The Morgan fingerprint density at radius 2 is 1.96 bits per heavy atom. The van der Waals surface area contributed by atoms with E-state index in [-0.39, 0.29) is 0 Å². The standard InChI is InChI=1S/C12H23NO8P2Si/c1-24(2,19)5-3-4-10-6-11(9-13-8-10)7-12(14,20-22(15)16)21-23(17)18/h6,8-9,14-16,19,23H,3-5,7H2,1-2H3,(H,17,18). The van der Waals surface area contributed by atoms with Gasteiger partial charge in [-0.3, -0.25) is 18.6 Å². The van der Waals surface area contributed by atoms with Gasteiger partial charge in [-0.15, -0.1) is 0 Å². The van der Waals surface area contributed by atoms with E-state index >= 15 is 0 Å². The number of aliphatic hydroxyl groups is 1. The van der Waals surface area contributed by atoms with E-state index in [1.807, 2.05) is 13.1 Å². The molecule has 0 spiro atoms. The number of hydrogen-bond acceptors (Lipinski definition) is 8. The van der Waals surface area contributed by atoms with E-state index < -0.39 is 37.6 Å². The molecule has 1 rings (SSSR count). The van der Waals surface area contributed by atoms with Gasteiger partial charge in [-0.1, -0.05) is 6.07 Å². The van der Waals surface area contributed by atoms with Gasteiger partial charge in [0.1, 0.15) is 0 Å². The third-order valence-electron chi connectivity index (χ3n) is 3.00. The van der Waals surface area contributed by atoms with Crippen molar-refractivity contribution in [1.82, 2.24) is 4.98 Å². The number of aromatic nitrogens is 1. The van der Waals surface area contributed by atoms with Gasteiger partial charge in [0.25, 0.3) is 5.97 Å². The van der Waals surface area contributed by atoms with Crippen LogP contribution in [0.15, 0.2) is 18.5 Å². The van der Waals surface area contributed by atoms with Crippen LogP contribution in [0.4, 0.5) is 0 Å². The van der Waals surface area contributed by atoms with Crippen LogP contribution in [0.1, 0.15) is 17.5 Å². The van der Waals surface area contributed by atoms with Gasteiger partial charge >= 0.3 is 16.9 Å². The molecule has 1 aromatic heterocycles. The Balaban J connectivity index is 2.77. The van der Waals surface area contributed by atoms with Gasteiger partial charge in [-0.05, 0) is 43.1 Å². The van der Waals surface area contributed by atoms with E-state index in [0.717, 1.165) is 18.0 Å². The van der Waals surface area contributed by atoms with E-state index in [0.29, 0.717) is 12.0 Å². The SMILES string of the molecule is C[Si](C)(O)CCCc1cncc(CC(O)(OP(O)O)O[PH](=O)O)c1. The minimum Gasteiger partial charge on any atom is -0.432 e. The van der Waals surface area contributed by atoms with Gasteiger partial charge in [0, 0.05) is 12.4 Å². The largest absolute Gasteiger partial charge is 0.432 e. The number of nitrogens with zero attached hydrogens (tertiary/aromatic N) is 1. The van der Waals surface area contributed by atoms with E-state index in [1.54, 1.807) is 12.3 Å². The van der Waals surface area contributed by atoms with Crippen molar-refractivity contribution in [2.45, 2.75) is 44.4 Å². The summed E-state index contributed by atoms with van der Waals surface area (Å²) in [7, 11) is -8.69. The number of hydrogen-bond donors (Lipinski definition) is 5. The highest BCUT2D eigenvalue weighted by atomic mass is 31.2. The lowest BCUT2D eigenvalue weighted by molar-refractivity contribution is -0.274. The van der Waals surface area contributed by atoms with Crippen molar-refractivity contribution in [3.8, 4) is 0 Å². The Morgan fingerprint density at radius 1 is 1.33 bits per heavy atom. The molecule has 0 saturated heterocycles. The second-order valence-electron chi connectivity index (χ2n) is 5.97. The molecule has 0 radical (unpaired) electrons. The molecular formula is C12H23NO8P2Si. The van der Waals surface area contributed by atoms with Crippen LogP contribution in [-0.2, 0) is 26.5 Å². The molecule has 2 unspecified atom stereocenters. The van der Waals surface area contributed by atoms with Gasteiger partial charge in [-0.2, -0.15) is 0 Å². The Hall–Kier alpha value is -0.253. The van der Waals surface area contributed by atoms with Crippen LogP contribution >= 0.6 is 16.9 Å². The topological polar surface area (TPSA) is 150 Å². The molecule has 1 heterocycles. The summed E-state index contributed by atoms with van der Waals surface area (Å²) >= 11 is 0. The second kappa shape index (κ2) is 9.45. The average Bonchev–Trinajstić information content (AvgIpc) is 2.34. The first kappa shape index (κ1) is 21.8. The first-order valence-corrected chi connectivity index (χ1v) is 12.7. The summed E-state index contributed by atoms with van der Waals surface area (Å²) in [6, 6.07) is 2.43. The van der Waals surface area contributed by atoms with Crippen LogP contribution < -0.4 is 0 Å². The minimum absolute atomic E-state index is 0.412. The third-order valence-corrected chi connectivity index (χ3v) is 5.52. The van der Waals surface area contributed by atoms with E-state index in [2.05, 4.69) is 14.0 Å². The summed E-state index contributed by atoms with van der Waals surface area (Å²) in [6.45, 7) is 3.71. The molecule has 0 aliphatic rings. The molecule has 138 valence electrons. The molecule has 5 N–H and O–H groups in total. The zero-order chi connectivity index (χ0) is 18.4. The van der Waals surface area contributed by atoms with Crippen LogP contribution in [0.2, 0.25) is 19.1 Å².